The van der Waals surface area contributed by atoms with Crippen LogP contribution in [0.1, 0.15) is 11.6 Å². The third-order valence-electron chi connectivity index (χ3n) is 3.30. The Bertz CT molecular complexity index is 690. The maximum Gasteiger partial charge on any atom is 0.224 e. The van der Waals surface area contributed by atoms with Crippen molar-refractivity contribution in [2.24, 2.45) is 0 Å². The molecule has 0 aliphatic carbocycles. The van der Waals surface area contributed by atoms with Crippen LogP contribution in [0.2, 0.25) is 5.28 Å². The molecule has 8 heteroatoms. The molecule has 0 radical (unpaired) electrons. The summed E-state index contributed by atoms with van der Waals surface area (Å²) in [7, 11) is 1.68. The van der Waals surface area contributed by atoms with Crippen molar-refractivity contribution in [3.05, 3.63) is 46.6 Å². The summed E-state index contributed by atoms with van der Waals surface area (Å²) in [6.45, 7) is 0.124. The first kappa shape index (κ1) is 13.9. The molecule has 1 atom stereocenters. The normalized spacial score (nSPS) is 17.4. The Morgan fingerprint density at radius 3 is 2.62 bits per heavy atom. The third-order valence-corrected chi connectivity index (χ3v) is 3.48. The van der Waals surface area contributed by atoms with Gasteiger partial charge in [0, 0.05) is 7.05 Å². The number of benzene rings is 1. The number of hydrogen-bond donors (Lipinski definition) is 0. The van der Waals surface area contributed by atoms with E-state index in [0.29, 0.717) is 11.6 Å². The second-order valence-electron chi connectivity index (χ2n) is 4.56. The summed E-state index contributed by atoms with van der Waals surface area (Å²) in [5.41, 5.74) is 0.245. The first-order valence-electron chi connectivity index (χ1n) is 6.00. The second-order valence-corrected chi connectivity index (χ2v) is 4.90. The van der Waals surface area contributed by atoms with Gasteiger partial charge in [-0.3, -0.25) is 0 Å². The molecule has 0 saturated heterocycles. The molecule has 1 aromatic carbocycles. The van der Waals surface area contributed by atoms with Crippen LogP contribution in [0.3, 0.4) is 0 Å². The van der Waals surface area contributed by atoms with Crippen molar-refractivity contribution in [1.29, 1.82) is 0 Å². The number of aromatic nitrogens is 2. The molecule has 110 valence electrons. The van der Waals surface area contributed by atoms with Gasteiger partial charge in [0.1, 0.15) is 6.61 Å². The summed E-state index contributed by atoms with van der Waals surface area (Å²) in [6, 6.07) is 1.36. The van der Waals surface area contributed by atoms with E-state index in [2.05, 4.69) is 9.97 Å². The molecule has 2 aromatic rings. The fourth-order valence-corrected chi connectivity index (χ4v) is 2.34. The van der Waals surface area contributed by atoms with Crippen molar-refractivity contribution >= 4 is 17.4 Å². The minimum Gasteiger partial charge on any atom is -0.486 e. The highest BCUT2D eigenvalue weighted by Gasteiger charge is 2.29. The Balaban J connectivity index is 2.02. The largest absolute Gasteiger partial charge is 0.486 e. The van der Waals surface area contributed by atoms with Crippen LogP contribution >= 0.6 is 11.6 Å². The zero-order valence-corrected chi connectivity index (χ0v) is 11.5. The van der Waals surface area contributed by atoms with Gasteiger partial charge in [-0.15, -0.1) is 0 Å². The lowest BCUT2D eigenvalue weighted by atomic mass is 10.0. The van der Waals surface area contributed by atoms with Gasteiger partial charge in [0.2, 0.25) is 5.28 Å². The molecule has 1 aliphatic rings. The molecule has 21 heavy (non-hydrogen) atoms. The van der Waals surface area contributed by atoms with Crippen LogP contribution in [0.25, 0.3) is 0 Å². The van der Waals surface area contributed by atoms with E-state index in [0.717, 1.165) is 12.1 Å². The molecule has 0 fully saturated rings. The predicted octanol–water partition coefficient (Wildman–Crippen LogP) is 3.12. The lowest BCUT2D eigenvalue weighted by Crippen LogP contribution is -2.34. The van der Waals surface area contributed by atoms with Crippen LogP contribution in [-0.2, 0) is 0 Å². The Kier molecular flexibility index (Phi) is 3.36. The smallest absolute Gasteiger partial charge is 0.224 e. The maximum absolute atomic E-state index is 13.4. The Labute approximate surface area is 123 Å². The molecule has 2 heterocycles. The van der Waals surface area contributed by atoms with Gasteiger partial charge < -0.3 is 9.64 Å². The van der Waals surface area contributed by atoms with Crippen molar-refractivity contribution in [2.75, 3.05) is 18.6 Å². The van der Waals surface area contributed by atoms with Gasteiger partial charge in [0.25, 0.3) is 0 Å². The van der Waals surface area contributed by atoms with Crippen molar-refractivity contribution in [2.45, 2.75) is 6.04 Å². The third kappa shape index (κ3) is 2.37. The van der Waals surface area contributed by atoms with Crippen molar-refractivity contribution < 1.29 is 17.9 Å². The minimum atomic E-state index is -1.50. The topological polar surface area (TPSA) is 38.2 Å². The number of halogens is 4. The number of rotatable bonds is 1. The van der Waals surface area contributed by atoms with Crippen molar-refractivity contribution in [3.8, 4) is 5.75 Å². The molecular formula is C13H9ClF3N3O. The lowest BCUT2D eigenvalue weighted by molar-refractivity contribution is 0.264. The van der Waals surface area contributed by atoms with Gasteiger partial charge in [-0.2, -0.15) is 4.98 Å². The number of likely N-dealkylation sites (N-methyl/N-ethyl adjacent to an activating group) is 1. The number of hydrogen-bond acceptors (Lipinski definition) is 4. The molecule has 1 aliphatic heterocycles. The summed E-state index contributed by atoms with van der Waals surface area (Å²) >= 11 is 5.73. The van der Waals surface area contributed by atoms with E-state index in [9.17, 15) is 13.2 Å². The van der Waals surface area contributed by atoms with Crippen LogP contribution < -0.4 is 9.64 Å². The van der Waals surface area contributed by atoms with Gasteiger partial charge in [-0.1, -0.05) is 0 Å². The predicted molar refractivity (Wildman–Crippen MR) is 70.0 cm³/mol. The zero-order chi connectivity index (χ0) is 15.1. The quantitative estimate of drug-likeness (QED) is 0.598. The SMILES string of the molecule is CN1c2nc(Cl)ncc2OCC1c1cc(F)c(F)c(F)c1. The van der Waals surface area contributed by atoms with Gasteiger partial charge in [0.15, 0.2) is 29.0 Å². The zero-order valence-electron chi connectivity index (χ0n) is 10.8. The summed E-state index contributed by atoms with van der Waals surface area (Å²) in [5, 5.41) is 0.0290. The van der Waals surface area contributed by atoms with Crippen molar-refractivity contribution in [1.82, 2.24) is 9.97 Å². The molecule has 0 spiro atoms. The van der Waals surface area contributed by atoms with Crippen LogP contribution in [-0.4, -0.2) is 23.6 Å². The Hall–Kier alpha value is -2.02. The lowest BCUT2D eigenvalue weighted by Gasteiger charge is -2.34. The molecule has 0 amide bonds. The first-order chi connectivity index (χ1) is 9.97. The van der Waals surface area contributed by atoms with E-state index >= 15 is 0 Å². The fraction of sp³-hybridized carbons (Fsp3) is 0.231. The highest BCUT2D eigenvalue weighted by molar-refractivity contribution is 6.28. The van der Waals surface area contributed by atoms with Gasteiger partial charge >= 0.3 is 0 Å². The van der Waals surface area contributed by atoms with Gasteiger partial charge in [-0.25, -0.2) is 18.2 Å². The first-order valence-corrected chi connectivity index (χ1v) is 6.38. The molecule has 0 N–H and O–H groups in total. The summed E-state index contributed by atoms with van der Waals surface area (Å²) in [6.07, 6.45) is 1.42. The fourth-order valence-electron chi connectivity index (χ4n) is 2.21. The van der Waals surface area contributed by atoms with E-state index in [-0.39, 0.29) is 17.5 Å². The number of nitrogens with zero attached hydrogens (tertiary/aromatic N) is 3. The molecule has 4 nitrogen and oxygen atoms in total. The van der Waals surface area contributed by atoms with Crippen LogP contribution in [0.5, 0.6) is 5.75 Å². The number of fused-ring (bicyclic) bond motifs is 1. The summed E-state index contributed by atoms with van der Waals surface area (Å²) < 4.78 is 45.2. The molecule has 0 bridgehead atoms. The second kappa shape index (κ2) is 5.07. The molecule has 3 rings (SSSR count). The van der Waals surface area contributed by atoms with E-state index in [4.69, 9.17) is 16.3 Å². The highest BCUT2D eigenvalue weighted by atomic mass is 35.5. The minimum absolute atomic E-state index is 0.0290. The van der Waals surface area contributed by atoms with Crippen molar-refractivity contribution in [3.63, 3.8) is 0 Å². The van der Waals surface area contributed by atoms with E-state index < -0.39 is 23.5 Å². The summed E-state index contributed by atoms with van der Waals surface area (Å²) in [4.78, 5) is 9.48. The highest BCUT2D eigenvalue weighted by Crippen LogP contribution is 2.37. The summed E-state index contributed by atoms with van der Waals surface area (Å²) in [5.74, 6) is -3.17. The van der Waals surface area contributed by atoms with Crippen LogP contribution in [0.4, 0.5) is 19.0 Å². The molecule has 0 saturated carbocycles. The monoisotopic (exact) mass is 315 g/mol. The van der Waals surface area contributed by atoms with E-state index in [1.54, 1.807) is 11.9 Å². The van der Waals surface area contributed by atoms with Gasteiger partial charge in [0.05, 0.1) is 12.2 Å². The number of anilines is 1. The molecule has 1 unspecified atom stereocenters. The number of ether oxygens (including phenoxy) is 1. The molecular weight excluding hydrogens is 307 g/mol. The Morgan fingerprint density at radius 2 is 1.95 bits per heavy atom. The average molecular weight is 316 g/mol. The van der Waals surface area contributed by atoms with E-state index in [1.165, 1.54) is 6.20 Å². The maximum atomic E-state index is 13.4. The molecule has 1 aromatic heterocycles. The average Bonchev–Trinajstić information content (AvgIpc) is 2.45. The Morgan fingerprint density at radius 1 is 1.29 bits per heavy atom. The van der Waals surface area contributed by atoms with Gasteiger partial charge in [-0.05, 0) is 29.3 Å². The van der Waals surface area contributed by atoms with E-state index in [1.807, 2.05) is 0 Å². The van der Waals surface area contributed by atoms with Crippen LogP contribution in [0.15, 0.2) is 18.3 Å². The standard InChI is InChI=1S/C13H9ClF3N3O/c1-20-9(6-2-7(15)11(17)8(16)3-6)5-21-10-4-18-13(14)19-12(10)20/h2-4,9H,5H2,1H3. The van der Waals surface area contributed by atoms with Crippen LogP contribution in [0, 0.1) is 17.5 Å².